The highest BCUT2D eigenvalue weighted by Gasteiger charge is 2.43. The van der Waals surface area contributed by atoms with Crippen molar-refractivity contribution in [2.45, 2.75) is 90.8 Å². The summed E-state index contributed by atoms with van der Waals surface area (Å²) in [5.41, 5.74) is 3.82. The molecule has 2 aromatic rings. The zero-order valence-electron chi connectivity index (χ0n) is 22.1. The number of thiophene rings is 1. The second kappa shape index (κ2) is 10.9. The normalized spacial score (nSPS) is 17.3. The van der Waals surface area contributed by atoms with Crippen LogP contribution in [0.1, 0.15) is 81.4 Å². The lowest BCUT2D eigenvalue weighted by molar-refractivity contribution is -0.155. The van der Waals surface area contributed by atoms with Crippen molar-refractivity contribution < 1.29 is 19.0 Å². The van der Waals surface area contributed by atoms with Crippen LogP contribution in [0.25, 0.3) is 0 Å². The largest absolute Gasteiger partial charge is 0.492 e. The molecule has 35 heavy (non-hydrogen) atoms. The number of likely N-dealkylation sites (tertiary alicyclic amines) is 1. The van der Waals surface area contributed by atoms with Gasteiger partial charge in [-0.1, -0.05) is 19.4 Å². The summed E-state index contributed by atoms with van der Waals surface area (Å²) in [4.78, 5) is 15.8. The molecule has 4 rings (SSSR count). The number of aryl methyl sites for hydroxylation is 1. The Morgan fingerprint density at radius 1 is 1.23 bits per heavy atom. The van der Waals surface area contributed by atoms with Crippen molar-refractivity contribution in [3.05, 3.63) is 45.1 Å². The number of ether oxygens (including phenoxy) is 3. The number of hydrogen-bond acceptors (Lipinski definition) is 6. The molecule has 1 fully saturated rings. The third-order valence-corrected chi connectivity index (χ3v) is 8.42. The number of carbonyl (C=O) groups is 1. The number of rotatable bonds is 9. The fraction of sp³-hybridized carbons (Fsp3) is 0.621. The van der Waals surface area contributed by atoms with Crippen LogP contribution in [-0.2, 0) is 28.0 Å². The molecule has 0 saturated carbocycles. The average molecular weight is 500 g/mol. The highest BCUT2D eigenvalue weighted by molar-refractivity contribution is 7.10. The smallest absolute Gasteiger partial charge is 0.307 e. The Morgan fingerprint density at radius 2 is 2.00 bits per heavy atom. The SMILES string of the molecule is CCCCc1csc(COc2ccc3c(c2)OCC32CCN(CCC(=O)OC(C)(C)C)CC2)c1C. The molecule has 0 N–H and O–H groups in total. The van der Waals surface area contributed by atoms with Crippen LogP contribution in [0.2, 0.25) is 0 Å². The van der Waals surface area contributed by atoms with Crippen molar-refractivity contribution in [2.24, 2.45) is 0 Å². The maximum atomic E-state index is 12.1. The Bertz CT molecular complexity index is 1010. The minimum absolute atomic E-state index is 0.0782. The number of fused-ring (bicyclic) bond motifs is 2. The van der Waals surface area contributed by atoms with Gasteiger partial charge < -0.3 is 19.1 Å². The van der Waals surface area contributed by atoms with Crippen LogP contribution in [0.15, 0.2) is 23.6 Å². The topological polar surface area (TPSA) is 48.0 Å². The maximum absolute atomic E-state index is 12.1. The molecular formula is C29H41NO4S. The lowest BCUT2D eigenvalue weighted by Gasteiger charge is -2.38. The number of benzene rings is 1. The molecule has 0 radical (unpaired) electrons. The van der Waals surface area contributed by atoms with Crippen LogP contribution >= 0.6 is 11.3 Å². The predicted octanol–water partition coefficient (Wildman–Crippen LogP) is 6.44. The summed E-state index contributed by atoms with van der Waals surface area (Å²) in [7, 11) is 0. The molecule has 6 heteroatoms. The van der Waals surface area contributed by atoms with E-state index in [9.17, 15) is 4.79 Å². The summed E-state index contributed by atoms with van der Waals surface area (Å²) >= 11 is 1.81. The molecule has 0 unspecified atom stereocenters. The minimum Gasteiger partial charge on any atom is -0.492 e. The van der Waals surface area contributed by atoms with Gasteiger partial charge in [0, 0.05) is 28.5 Å². The monoisotopic (exact) mass is 499 g/mol. The number of nitrogens with zero attached hydrogens (tertiary/aromatic N) is 1. The molecule has 2 aliphatic heterocycles. The van der Waals surface area contributed by atoms with Gasteiger partial charge >= 0.3 is 5.97 Å². The fourth-order valence-corrected chi connectivity index (χ4v) is 6.12. The summed E-state index contributed by atoms with van der Waals surface area (Å²) in [5, 5.41) is 2.29. The van der Waals surface area contributed by atoms with Crippen molar-refractivity contribution in [3.8, 4) is 11.5 Å². The highest BCUT2D eigenvalue weighted by atomic mass is 32.1. The standard InChI is InChI=1S/C29H41NO4S/c1-6-7-8-22-19-35-26(21(22)2)18-32-23-9-10-24-25(17-23)33-20-29(24)12-15-30(16-13-29)14-11-27(31)34-28(3,4)5/h9-10,17,19H,6-8,11-16,18,20H2,1-5H3. The lowest BCUT2D eigenvalue weighted by Crippen LogP contribution is -2.44. The molecule has 3 heterocycles. The van der Waals surface area contributed by atoms with Crippen molar-refractivity contribution >= 4 is 17.3 Å². The van der Waals surface area contributed by atoms with E-state index in [2.05, 4.69) is 42.3 Å². The van der Waals surface area contributed by atoms with Crippen LogP contribution in [0.5, 0.6) is 11.5 Å². The second-order valence-electron chi connectivity index (χ2n) is 11.1. The first-order valence-electron chi connectivity index (χ1n) is 13.1. The molecule has 0 amide bonds. The van der Waals surface area contributed by atoms with Gasteiger partial charge in [-0.15, -0.1) is 11.3 Å². The Kier molecular flexibility index (Phi) is 8.12. The van der Waals surface area contributed by atoms with Crippen molar-refractivity contribution in [3.63, 3.8) is 0 Å². The third-order valence-electron chi connectivity index (χ3n) is 7.31. The fourth-order valence-electron chi connectivity index (χ4n) is 5.11. The first-order chi connectivity index (χ1) is 16.7. The van der Waals surface area contributed by atoms with Crippen molar-refractivity contribution in [1.82, 2.24) is 4.90 Å². The van der Waals surface area contributed by atoms with Gasteiger partial charge in [0.2, 0.25) is 0 Å². The van der Waals surface area contributed by atoms with E-state index in [0.29, 0.717) is 13.0 Å². The van der Waals surface area contributed by atoms with Crippen LogP contribution in [0.3, 0.4) is 0 Å². The van der Waals surface area contributed by atoms with E-state index in [1.807, 2.05) is 32.1 Å². The summed E-state index contributed by atoms with van der Waals surface area (Å²) < 4.78 is 17.8. The summed E-state index contributed by atoms with van der Waals surface area (Å²) in [6.45, 7) is 14.2. The van der Waals surface area contributed by atoms with Gasteiger partial charge in [0.15, 0.2) is 0 Å². The Labute approximate surface area is 214 Å². The Hall–Kier alpha value is -2.05. The average Bonchev–Trinajstić information content (AvgIpc) is 3.35. The zero-order chi connectivity index (χ0) is 25.1. The van der Waals surface area contributed by atoms with E-state index in [1.54, 1.807) is 0 Å². The van der Waals surface area contributed by atoms with Gasteiger partial charge in [-0.25, -0.2) is 0 Å². The van der Waals surface area contributed by atoms with Gasteiger partial charge in [-0.05, 0) is 89.0 Å². The first-order valence-corrected chi connectivity index (χ1v) is 14.0. The molecule has 1 saturated heterocycles. The Balaban J connectivity index is 1.30. The van der Waals surface area contributed by atoms with E-state index >= 15 is 0 Å². The minimum atomic E-state index is -0.420. The molecule has 1 spiro atoms. The van der Waals surface area contributed by atoms with Crippen LogP contribution < -0.4 is 9.47 Å². The van der Waals surface area contributed by atoms with E-state index in [4.69, 9.17) is 14.2 Å². The van der Waals surface area contributed by atoms with Gasteiger partial charge in [-0.3, -0.25) is 4.79 Å². The summed E-state index contributed by atoms with van der Waals surface area (Å²) in [6.07, 6.45) is 6.16. The van der Waals surface area contributed by atoms with Gasteiger partial charge in [0.25, 0.3) is 0 Å². The van der Waals surface area contributed by atoms with E-state index in [-0.39, 0.29) is 11.4 Å². The molecule has 5 nitrogen and oxygen atoms in total. The Morgan fingerprint density at radius 3 is 2.71 bits per heavy atom. The van der Waals surface area contributed by atoms with Gasteiger partial charge in [0.1, 0.15) is 23.7 Å². The molecule has 2 aliphatic rings. The highest BCUT2D eigenvalue weighted by Crippen LogP contribution is 2.46. The number of hydrogen-bond donors (Lipinski definition) is 0. The molecule has 1 aromatic heterocycles. The number of carbonyl (C=O) groups excluding carboxylic acids is 1. The van der Waals surface area contributed by atoms with Crippen molar-refractivity contribution in [1.29, 1.82) is 0 Å². The van der Waals surface area contributed by atoms with E-state index in [1.165, 1.54) is 34.4 Å². The molecule has 0 aliphatic carbocycles. The van der Waals surface area contributed by atoms with E-state index in [0.717, 1.165) is 57.0 Å². The quantitative estimate of drug-likeness (QED) is 0.372. The van der Waals surface area contributed by atoms with E-state index < -0.39 is 5.60 Å². The predicted molar refractivity (Wildman–Crippen MR) is 142 cm³/mol. The van der Waals surface area contributed by atoms with Crippen LogP contribution in [-0.4, -0.2) is 42.7 Å². The first kappa shape index (κ1) is 26.0. The van der Waals surface area contributed by atoms with Gasteiger partial charge in [0.05, 0.1) is 13.0 Å². The van der Waals surface area contributed by atoms with Gasteiger partial charge in [-0.2, -0.15) is 0 Å². The lowest BCUT2D eigenvalue weighted by atomic mass is 9.74. The molecule has 0 bridgehead atoms. The third kappa shape index (κ3) is 6.39. The molecule has 1 aromatic carbocycles. The van der Waals surface area contributed by atoms with Crippen molar-refractivity contribution in [2.75, 3.05) is 26.2 Å². The molecular weight excluding hydrogens is 458 g/mol. The maximum Gasteiger partial charge on any atom is 0.307 e. The molecule has 0 atom stereocenters. The van der Waals surface area contributed by atoms with Crippen LogP contribution in [0.4, 0.5) is 0 Å². The zero-order valence-corrected chi connectivity index (χ0v) is 22.9. The van der Waals surface area contributed by atoms with Crippen LogP contribution in [0, 0.1) is 6.92 Å². The number of esters is 1. The molecule has 192 valence electrons. The number of piperidine rings is 1. The second-order valence-corrected chi connectivity index (χ2v) is 12.1. The number of unbranched alkanes of at least 4 members (excludes halogenated alkanes) is 1. The summed E-state index contributed by atoms with van der Waals surface area (Å²) in [6, 6.07) is 6.38. The summed E-state index contributed by atoms with van der Waals surface area (Å²) in [5.74, 6) is 1.73.